The largest absolute Gasteiger partial charge is 0.293 e. The number of ketones is 1. The Morgan fingerprint density at radius 2 is 1.45 bits per heavy atom. The number of carbonyl (C=O) groups excluding carboxylic acids is 1. The summed E-state index contributed by atoms with van der Waals surface area (Å²) >= 11 is 1.81. The van der Waals surface area contributed by atoms with Gasteiger partial charge in [0, 0.05) is 5.56 Å². The number of thioether (sulfide) groups is 1. The van der Waals surface area contributed by atoms with E-state index in [0.29, 0.717) is 0 Å². The van der Waals surface area contributed by atoms with E-state index in [1.807, 2.05) is 36.9 Å². The molecule has 0 spiro atoms. The SMILES string of the molecule is CC/C=C\C/C=C\C/C=C\C/C=C\C/C=C\CCCCS[C@H](CC)C(=O)c1ccc[c]c1C. The molecule has 1 nitrogen and oxygen atoms in total. The number of hydrogen-bond donors (Lipinski definition) is 0. The van der Waals surface area contributed by atoms with E-state index in [1.54, 1.807) is 0 Å². The van der Waals surface area contributed by atoms with Gasteiger partial charge < -0.3 is 0 Å². The van der Waals surface area contributed by atoms with Crippen molar-refractivity contribution in [2.75, 3.05) is 5.75 Å². The Labute approximate surface area is 207 Å². The summed E-state index contributed by atoms with van der Waals surface area (Å²) in [4.78, 5) is 12.8. The Balaban J connectivity index is 2.07. The highest BCUT2D eigenvalue weighted by molar-refractivity contribution is 8.00. The third-order valence-electron chi connectivity index (χ3n) is 5.23. The second-order valence-electron chi connectivity index (χ2n) is 8.04. The summed E-state index contributed by atoms with van der Waals surface area (Å²) in [6, 6.07) is 8.84. The van der Waals surface area contributed by atoms with Crippen LogP contribution in [0.15, 0.2) is 79.0 Å². The predicted octanol–water partition coefficient (Wildman–Crippen LogP) is 9.41. The molecule has 0 fully saturated rings. The van der Waals surface area contributed by atoms with Crippen molar-refractivity contribution in [2.45, 2.75) is 83.8 Å². The second-order valence-corrected chi connectivity index (χ2v) is 9.36. The molecular weight excluding hydrogens is 420 g/mol. The van der Waals surface area contributed by atoms with Gasteiger partial charge in [-0.05, 0) is 82.1 Å². The summed E-state index contributed by atoms with van der Waals surface area (Å²) in [6.07, 6.45) is 31.9. The number of rotatable bonds is 18. The van der Waals surface area contributed by atoms with Gasteiger partial charge in [-0.1, -0.05) is 92.8 Å². The van der Waals surface area contributed by atoms with E-state index in [1.165, 1.54) is 6.42 Å². The van der Waals surface area contributed by atoms with Crippen molar-refractivity contribution in [3.8, 4) is 0 Å². The summed E-state index contributed by atoms with van der Waals surface area (Å²) < 4.78 is 0. The number of allylic oxidation sites excluding steroid dienone is 10. The average molecular weight is 464 g/mol. The fourth-order valence-electron chi connectivity index (χ4n) is 3.30. The van der Waals surface area contributed by atoms with Crippen LogP contribution in [0.3, 0.4) is 0 Å². The smallest absolute Gasteiger partial charge is 0.176 e. The number of carbonyl (C=O) groups is 1. The van der Waals surface area contributed by atoms with Gasteiger partial charge in [0.1, 0.15) is 0 Å². The van der Waals surface area contributed by atoms with Crippen molar-refractivity contribution in [3.05, 3.63) is 96.2 Å². The number of benzene rings is 1. The van der Waals surface area contributed by atoms with Gasteiger partial charge in [-0.3, -0.25) is 4.79 Å². The molecule has 2 heteroatoms. The summed E-state index contributed by atoms with van der Waals surface area (Å²) in [7, 11) is 0. The zero-order valence-corrected chi connectivity index (χ0v) is 21.8. The van der Waals surface area contributed by atoms with Gasteiger partial charge in [0.15, 0.2) is 5.78 Å². The predicted molar refractivity (Wildman–Crippen MR) is 149 cm³/mol. The van der Waals surface area contributed by atoms with Crippen LogP contribution in [0.5, 0.6) is 0 Å². The highest BCUT2D eigenvalue weighted by Gasteiger charge is 2.19. The van der Waals surface area contributed by atoms with Crippen molar-refractivity contribution in [1.82, 2.24) is 0 Å². The molecule has 0 N–H and O–H groups in total. The average Bonchev–Trinajstić information content (AvgIpc) is 2.83. The lowest BCUT2D eigenvalue weighted by molar-refractivity contribution is 0.0987. The van der Waals surface area contributed by atoms with E-state index >= 15 is 0 Å². The van der Waals surface area contributed by atoms with Crippen LogP contribution in [0.1, 0.15) is 87.6 Å². The maximum absolute atomic E-state index is 12.8. The van der Waals surface area contributed by atoms with E-state index in [4.69, 9.17) is 0 Å². The third-order valence-corrected chi connectivity index (χ3v) is 6.71. The van der Waals surface area contributed by atoms with E-state index in [9.17, 15) is 4.79 Å². The van der Waals surface area contributed by atoms with E-state index in [-0.39, 0.29) is 11.0 Å². The van der Waals surface area contributed by atoms with Crippen LogP contribution in [0.2, 0.25) is 0 Å². The first-order valence-electron chi connectivity index (χ1n) is 12.6. The summed E-state index contributed by atoms with van der Waals surface area (Å²) in [5.41, 5.74) is 1.79. The summed E-state index contributed by atoms with van der Waals surface area (Å²) in [6.45, 7) is 6.23. The van der Waals surface area contributed by atoms with Crippen LogP contribution in [0.25, 0.3) is 0 Å². The Morgan fingerprint density at radius 1 is 0.879 bits per heavy atom. The molecule has 1 rings (SSSR count). The van der Waals surface area contributed by atoms with Crippen LogP contribution in [-0.2, 0) is 0 Å². The topological polar surface area (TPSA) is 17.1 Å². The first kappa shape index (κ1) is 29.0. The lowest BCUT2D eigenvalue weighted by Crippen LogP contribution is -2.18. The number of Topliss-reactive ketones (excluding diaryl/α,β-unsaturated/α-hetero) is 1. The van der Waals surface area contributed by atoms with Crippen molar-refractivity contribution in [1.29, 1.82) is 0 Å². The molecule has 1 radical (unpaired) electrons. The van der Waals surface area contributed by atoms with Gasteiger partial charge in [0.2, 0.25) is 0 Å². The molecule has 0 heterocycles. The van der Waals surface area contributed by atoms with E-state index in [2.05, 4.69) is 80.7 Å². The Hall–Kier alpha value is -2.06. The Kier molecular flexibility index (Phi) is 18.0. The highest BCUT2D eigenvalue weighted by atomic mass is 32.2. The van der Waals surface area contributed by atoms with Crippen molar-refractivity contribution < 1.29 is 4.79 Å². The van der Waals surface area contributed by atoms with Crippen molar-refractivity contribution in [3.63, 3.8) is 0 Å². The van der Waals surface area contributed by atoms with Crippen molar-refractivity contribution >= 4 is 17.5 Å². The first-order valence-corrected chi connectivity index (χ1v) is 13.6. The highest BCUT2D eigenvalue weighted by Crippen LogP contribution is 2.22. The van der Waals surface area contributed by atoms with Gasteiger partial charge in [0.25, 0.3) is 0 Å². The van der Waals surface area contributed by atoms with E-state index < -0.39 is 0 Å². The summed E-state index contributed by atoms with van der Waals surface area (Å²) in [5, 5.41) is 0.0631. The molecule has 1 aromatic carbocycles. The molecule has 0 aliphatic heterocycles. The molecule has 0 aliphatic carbocycles. The maximum Gasteiger partial charge on any atom is 0.176 e. The molecule has 0 saturated heterocycles. The fraction of sp³-hybridized carbons (Fsp3) is 0.452. The molecule has 0 saturated carbocycles. The second kappa shape index (κ2) is 20.5. The molecule has 179 valence electrons. The lowest BCUT2D eigenvalue weighted by atomic mass is 10.0. The molecule has 0 amide bonds. The lowest BCUT2D eigenvalue weighted by Gasteiger charge is -2.14. The Morgan fingerprint density at radius 3 is 2.00 bits per heavy atom. The van der Waals surface area contributed by atoms with Crippen LogP contribution >= 0.6 is 11.8 Å². The minimum atomic E-state index is 0.0631. The quantitative estimate of drug-likeness (QED) is 0.122. The molecule has 1 atom stereocenters. The Bertz CT molecular complexity index is 782. The van der Waals surface area contributed by atoms with Gasteiger partial charge >= 0.3 is 0 Å². The number of unbranched alkanes of at least 4 members (excludes halogenated alkanes) is 2. The minimum absolute atomic E-state index is 0.0631. The zero-order chi connectivity index (χ0) is 24.0. The summed E-state index contributed by atoms with van der Waals surface area (Å²) in [5.74, 6) is 1.31. The van der Waals surface area contributed by atoms with Crippen molar-refractivity contribution in [2.24, 2.45) is 0 Å². The van der Waals surface area contributed by atoms with Crippen LogP contribution in [0.4, 0.5) is 0 Å². The molecule has 0 unspecified atom stereocenters. The minimum Gasteiger partial charge on any atom is -0.293 e. The zero-order valence-electron chi connectivity index (χ0n) is 21.0. The molecule has 0 aromatic heterocycles. The molecule has 33 heavy (non-hydrogen) atoms. The van der Waals surface area contributed by atoms with Crippen LogP contribution in [0, 0.1) is 13.0 Å². The molecule has 0 aliphatic rings. The van der Waals surface area contributed by atoms with Gasteiger partial charge in [-0.2, -0.15) is 11.8 Å². The van der Waals surface area contributed by atoms with Gasteiger partial charge in [0.05, 0.1) is 5.25 Å². The first-order chi connectivity index (χ1) is 16.2. The monoisotopic (exact) mass is 463 g/mol. The van der Waals surface area contributed by atoms with Crippen LogP contribution in [-0.4, -0.2) is 16.8 Å². The van der Waals surface area contributed by atoms with Gasteiger partial charge in [-0.25, -0.2) is 0 Å². The number of hydrogen-bond acceptors (Lipinski definition) is 2. The third kappa shape index (κ3) is 14.7. The maximum atomic E-state index is 12.8. The standard InChI is InChI=1S/C31H43OS/c1-4-6-7-8-9-10-11-12-13-14-15-16-17-18-19-20-21-24-27-33-30(5-2)31(32)29-26-23-22-25-28(29)3/h6-7,9-10,12-13,15-16,18-19,22-23,26,30H,4-5,8,11,14,17,20-21,24,27H2,1-3H3/b7-6-,10-9-,13-12-,16-15-,19-18-/t30-/m1/s1. The van der Waals surface area contributed by atoms with Crippen LogP contribution < -0.4 is 0 Å². The molecular formula is C31H43OS. The molecule has 1 aromatic rings. The fourth-order valence-corrected chi connectivity index (χ4v) is 4.47. The van der Waals surface area contributed by atoms with E-state index in [0.717, 1.165) is 68.2 Å². The normalized spacial score (nSPS) is 13.4. The van der Waals surface area contributed by atoms with Gasteiger partial charge in [-0.15, -0.1) is 0 Å². The number of aryl methyl sites for hydroxylation is 1. The molecule has 0 bridgehead atoms.